The molecule has 1 amide bonds. The lowest BCUT2D eigenvalue weighted by atomic mass is 10.1. The van der Waals surface area contributed by atoms with Gasteiger partial charge >= 0.3 is 0 Å². The number of likely N-dealkylation sites (tertiary alicyclic amines) is 1. The Morgan fingerprint density at radius 2 is 2.14 bits per heavy atom. The number of carbonyl (C=O) groups is 1. The van der Waals surface area contributed by atoms with Gasteiger partial charge in [0.25, 0.3) is 5.91 Å². The van der Waals surface area contributed by atoms with E-state index in [4.69, 9.17) is 20.9 Å². The molecule has 21 heavy (non-hydrogen) atoms. The second kappa shape index (κ2) is 6.13. The van der Waals surface area contributed by atoms with Crippen LogP contribution in [0.3, 0.4) is 0 Å². The summed E-state index contributed by atoms with van der Waals surface area (Å²) in [6.07, 6.45) is 4.58. The Bertz CT molecular complexity index is 592. The first-order chi connectivity index (χ1) is 10.2. The van der Waals surface area contributed by atoms with Gasteiger partial charge in [0, 0.05) is 44.3 Å². The zero-order valence-electron chi connectivity index (χ0n) is 11.2. The normalized spacial score (nSPS) is 16.0. The Labute approximate surface area is 126 Å². The van der Waals surface area contributed by atoms with Crippen LogP contribution in [0.1, 0.15) is 23.4 Å². The van der Waals surface area contributed by atoms with Crippen LogP contribution in [0.25, 0.3) is 0 Å². The number of hydrogen-bond acceptors (Lipinski definition) is 5. The van der Waals surface area contributed by atoms with Gasteiger partial charge in [-0.25, -0.2) is 4.98 Å². The topological polar surface area (TPSA) is 68.5 Å². The van der Waals surface area contributed by atoms with Crippen molar-refractivity contribution >= 4 is 17.5 Å². The number of piperidine rings is 1. The lowest BCUT2D eigenvalue weighted by Gasteiger charge is -2.31. The Morgan fingerprint density at radius 3 is 2.76 bits per heavy atom. The van der Waals surface area contributed by atoms with Crippen molar-refractivity contribution in [2.45, 2.75) is 18.9 Å². The van der Waals surface area contributed by atoms with E-state index >= 15 is 0 Å². The van der Waals surface area contributed by atoms with Gasteiger partial charge < -0.3 is 14.2 Å². The molecule has 110 valence electrons. The van der Waals surface area contributed by atoms with E-state index in [2.05, 4.69) is 10.1 Å². The Hall–Kier alpha value is -2.08. The molecule has 2 aromatic rings. The van der Waals surface area contributed by atoms with Crippen molar-refractivity contribution in [3.05, 3.63) is 41.4 Å². The van der Waals surface area contributed by atoms with Crippen LogP contribution in [0.15, 0.2) is 35.1 Å². The van der Waals surface area contributed by atoms with Crippen LogP contribution in [0, 0.1) is 0 Å². The summed E-state index contributed by atoms with van der Waals surface area (Å²) in [6.45, 7) is 1.25. The van der Waals surface area contributed by atoms with Gasteiger partial charge in [0.2, 0.25) is 11.6 Å². The number of carbonyl (C=O) groups excluding carboxylic acids is 1. The quantitative estimate of drug-likeness (QED) is 0.871. The van der Waals surface area contributed by atoms with E-state index in [9.17, 15) is 4.79 Å². The fraction of sp³-hybridized carbons (Fsp3) is 0.357. The zero-order chi connectivity index (χ0) is 14.7. The van der Waals surface area contributed by atoms with Crippen molar-refractivity contribution < 1.29 is 14.1 Å². The predicted octanol–water partition coefficient (Wildman–Crippen LogP) is 2.41. The summed E-state index contributed by atoms with van der Waals surface area (Å²) in [5.41, 5.74) is 0. The number of amides is 1. The zero-order valence-corrected chi connectivity index (χ0v) is 12.0. The summed E-state index contributed by atoms with van der Waals surface area (Å²) in [5, 5.41) is 4.13. The third kappa shape index (κ3) is 3.33. The Kier molecular flexibility index (Phi) is 4.06. The molecule has 0 radical (unpaired) electrons. The lowest BCUT2D eigenvalue weighted by molar-refractivity contribution is 0.0551. The molecule has 1 saturated heterocycles. The molecule has 0 aromatic carbocycles. The SMILES string of the molecule is O=C(c1ccno1)N1CCC(Oc2ccc(Cl)cn2)CC1. The van der Waals surface area contributed by atoms with E-state index in [0.29, 0.717) is 24.0 Å². The maximum absolute atomic E-state index is 12.1. The molecule has 0 bridgehead atoms. The summed E-state index contributed by atoms with van der Waals surface area (Å²) >= 11 is 5.78. The van der Waals surface area contributed by atoms with Crippen LogP contribution >= 0.6 is 11.6 Å². The van der Waals surface area contributed by atoms with E-state index in [1.807, 2.05) is 0 Å². The Morgan fingerprint density at radius 1 is 1.33 bits per heavy atom. The molecule has 0 aliphatic carbocycles. The number of aromatic nitrogens is 2. The maximum Gasteiger partial charge on any atom is 0.292 e. The molecular weight excluding hydrogens is 294 g/mol. The van der Waals surface area contributed by atoms with Crippen molar-refractivity contribution in [2.75, 3.05) is 13.1 Å². The van der Waals surface area contributed by atoms with Gasteiger partial charge in [-0.05, 0) is 6.07 Å². The third-order valence-corrected chi connectivity index (χ3v) is 3.59. The number of ether oxygens (including phenoxy) is 1. The smallest absolute Gasteiger partial charge is 0.292 e. The maximum atomic E-state index is 12.1. The van der Waals surface area contributed by atoms with Crippen LogP contribution in [0.5, 0.6) is 5.88 Å². The first kappa shape index (κ1) is 13.9. The van der Waals surface area contributed by atoms with E-state index in [-0.39, 0.29) is 17.8 Å². The number of halogens is 1. The van der Waals surface area contributed by atoms with Crippen molar-refractivity contribution in [1.82, 2.24) is 15.0 Å². The molecule has 1 aliphatic rings. The van der Waals surface area contributed by atoms with Gasteiger partial charge in [-0.3, -0.25) is 4.79 Å². The fourth-order valence-corrected chi connectivity index (χ4v) is 2.37. The van der Waals surface area contributed by atoms with Crippen molar-refractivity contribution in [1.29, 1.82) is 0 Å². The monoisotopic (exact) mass is 307 g/mol. The molecule has 2 aromatic heterocycles. The third-order valence-electron chi connectivity index (χ3n) is 3.37. The second-order valence-electron chi connectivity index (χ2n) is 4.80. The molecule has 1 aliphatic heterocycles. The average Bonchev–Trinajstić information content (AvgIpc) is 3.04. The molecule has 7 heteroatoms. The number of pyridine rings is 1. The van der Waals surface area contributed by atoms with Gasteiger partial charge in [0.05, 0.1) is 11.2 Å². The highest BCUT2D eigenvalue weighted by Crippen LogP contribution is 2.19. The number of hydrogen-bond donors (Lipinski definition) is 0. The van der Waals surface area contributed by atoms with Gasteiger partial charge in [-0.15, -0.1) is 0 Å². The number of nitrogens with zero attached hydrogens (tertiary/aromatic N) is 3. The standard InChI is InChI=1S/C14H14ClN3O3/c15-10-1-2-13(16-9-10)20-11-4-7-18(8-5-11)14(19)12-3-6-17-21-12/h1-3,6,9,11H,4-5,7-8H2. The molecule has 3 rings (SSSR count). The van der Waals surface area contributed by atoms with Gasteiger partial charge in [0.1, 0.15) is 6.10 Å². The second-order valence-corrected chi connectivity index (χ2v) is 5.24. The first-order valence-electron chi connectivity index (χ1n) is 6.70. The van der Waals surface area contributed by atoms with Crippen LogP contribution in [-0.4, -0.2) is 40.1 Å². The fourth-order valence-electron chi connectivity index (χ4n) is 2.26. The molecule has 0 atom stereocenters. The molecule has 3 heterocycles. The molecule has 0 spiro atoms. The van der Waals surface area contributed by atoms with Gasteiger partial charge in [-0.2, -0.15) is 0 Å². The minimum absolute atomic E-state index is 0.0532. The Balaban J connectivity index is 1.53. The largest absolute Gasteiger partial charge is 0.474 e. The summed E-state index contributed by atoms with van der Waals surface area (Å²) in [4.78, 5) is 17.9. The predicted molar refractivity (Wildman–Crippen MR) is 75.3 cm³/mol. The lowest BCUT2D eigenvalue weighted by Crippen LogP contribution is -2.41. The van der Waals surface area contributed by atoms with Gasteiger partial charge in [-0.1, -0.05) is 16.8 Å². The molecule has 6 nitrogen and oxygen atoms in total. The van der Waals surface area contributed by atoms with Crippen LogP contribution in [0.2, 0.25) is 5.02 Å². The first-order valence-corrected chi connectivity index (χ1v) is 7.08. The van der Waals surface area contributed by atoms with Crippen molar-refractivity contribution in [3.8, 4) is 5.88 Å². The molecule has 1 fully saturated rings. The highest BCUT2D eigenvalue weighted by Gasteiger charge is 2.26. The highest BCUT2D eigenvalue weighted by molar-refractivity contribution is 6.30. The van der Waals surface area contributed by atoms with Crippen LogP contribution < -0.4 is 4.74 Å². The molecule has 0 saturated carbocycles. The van der Waals surface area contributed by atoms with Crippen LogP contribution in [-0.2, 0) is 0 Å². The van der Waals surface area contributed by atoms with Crippen molar-refractivity contribution in [2.24, 2.45) is 0 Å². The van der Waals surface area contributed by atoms with E-state index in [1.165, 1.54) is 6.20 Å². The van der Waals surface area contributed by atoms with Crippen molar-refractivity contribution in [3.63, 3.8) is 0 Å². The van der Waals surface area contributed by atoms with Crippen LogP contribution in [0.4, 0.5) is 0 Å². The highest BCUT2D eigenvalue weighted by atomic mass is 35.5. The summed E-state index contributed by atoms with van der Waals surface area (Å²) in [6, 6.07) is 5.06. The van der Waals surface area contributed by atoms with E-state index in [1.54, 1.807) is 29.3 Å². The summed E-state index contributed by atoms with van der Waals surface area (Å²) in [7, 11) is 0. The van der Waals surface area contributed by atoms with Gasteiger partial charge in [0.15, 0.2) is 0 Å². The molecule has 0 unspecified atom stereocenters. The van der Waals surface area contributed by atoms with E-state index < -0.39 is 0 Å². The number of rotatable bonds is 3. The minimum atomic E-state index is -0.129. The van der Waals surface area contributed by atoms with E-state index in [0.717, 1.165) is 12.8 Å². The summed E-state index contributed by atoms with van der Waals surface area (Å²) < 4.78 is 10.7. The minimum Gasteiger partial charge on any atom is -0.474 e. The molecule has 0 N–H and O–H groups in total. The molecular formula is C14H14ClN3O3. The summed E-state index contributed by atoms with van der Waals surface area (Å²) in [5.74, 6) is 0.698. The average molecular weight is 308 g/mol.